The minimum absolute atomic E-state index is 0.0189. The number of aliphatic hydroxyl groups is 1. The number of urea groups is 1. The van der Waals surface area contributed by atoms with Gasteiger partial charge in [-0.25, -0.2) is 4.79 Å². The largest absolute Gasteiger partial charge is 0.391 e. The molecule has 2 fully saturated rings. The lowest BCUT2D eigenvalue weighted by molar-refractivity contribution is 0.0839. The first kappa shape index (κ1) is 15.6. The van der Waals surface area contributed by atoms with Crippen LogP contribution in [0.5, 0.6) is 0 Å². The second-order valence-electron chi connectivity index (χ2n) is 6.21. The number of likely N-dealkylation sites (tertiary alicyclic amines) is 2. The average Bonchev–Trinajstić information content (AvgIpc) is 2.48. The van der Waals surface area contributed by atoms with E-state index in [2.05, 4.69) is 17.1 Å². The number of nitrogens with zero attached hydrogens (tertiary/aromatic N) is 2. The van der Waals surface area contributed by atoms with E-state index < -0.39 is 0 Å². The molecule has 2 saturated heterocycles. The molecule has 5 heteroatoms. The van der Waals surface area contributed by atoms with Gasteiger partial charge in [-0.1, -0.05) is 6.42 Å². The van der Waals surface area contributed by atoms with E-state index >= 15 is 0 Å². The van der Waals surface area contributed by atoms with Crippen LogP contribution in [0.3, 0.4) is 0 Å². The Morgan fingerprint density at radius 3 is 2.70 bits per heavy atom. The molecule has 0 radical (unpaired) electrons. The summed E-state index contributed by atoms with van der Waals surface area (Å²) in [5.74, 6) is 0. The van der Waals surface area contributed by atoms with Crippen molar-refractivity contribution in [2.24, 2.45) is 0 Å². The number of amides is 2. The molecule has 5 nitrogen and oxygen atoms in total. The van der Waals surface area contributed by atoms with Crippen LogP contribution in [0.4, 0.5) is 4.79 Å². The molecule has 2 atom stereocenters. The molecule has 0 aliphatic carbocycles. The van der Waals surface area contributed by atoms with E-state index in [9.17, 15) is 9.90 Å². The number of hydrogen-bond acceptors (Lipinski definition) is 3. The third kappa shape index (κ3) is 4.63. The first-order valence-corrected chi connectivity index (χ1v) is 8.11. The van der Waals surface area contributed by atoms with Crippen molar-refractivity contribution < 1.29 is 9.90 Å². The summed E-state index contributed by atoms with van der Waals surface area (Å²) in [6.45, 7) is 6.63. The van der Waals surface area contributed by atoms with E-state index in [0.717, 1.165) is 32.4 Å². The molecular formula is C15H29N3O2. The molecule has 2 rings (SSSR count). The third-order valence-electron chi connectivity index (χ3n) is 4.54. The monoisotopic (exact) mass is 283 g/mol. The van der Waals surface area contributed by atoms with Gasteiger partial charge in [0, 0.05) is 25.7 Å². The Balaban J connectivity index is 1.63. The third-order valence-corrected chi connectivity index (χ3v) is 4.54. The van der Waals surface area contributed by atoms with E-state index in [0.29, 0.717) is 12.6 Å². The summed E-state index contributed by atoms with van der Waals surface area (Å²) < 4.78 is 0. The van der Waals surface area contributed by atoms with Crippen LogP contribution in [0.25, 0.3) is 0 Å². The summed E-state index contributed by atoms with van der Waals surface area (Å²) in [4.78, 5) is 16.3. The van der Waals surface area contributed by atoms with Crippen molar-refractivity contribution >= 4 is 6.03 Å². The van der Waals surface area contributed by atoms with Gasteiger partial charge in [0.25, 0.3) is 0 Å². The van der Waals surface area contributed by atoms with Crippen LogP contribution in [0.15, 0.2) is 0 Å². The molecule has 0 aromatic heterocycles. The molecule has 116 valence electrons. The Bertz CT molecular complexity index is 305. The zero-order chi connectivity index (χ0) is 14.4. The zero-order valence-electron chi connectivity index (χ0n) is 12.7. The molecule has 2 N–H and O–H groups in total. The highest BCUT2D eigenvalue weighted by atomic mass is 16.3. The van der Waals surface area contributed by atoms with Crippen LogP contribution in [0, 0.1) is 0 Å². The summed E-state index contributed by atoms with van der Waals surface area (Å²) >= 11 is 0. The normalized spacial score (nSPS) is 26.3. The van der Waals surface area contributed by atoms with Crippen molar-refractivity contribution in [2.45, 2.75) is 57.6 Å². The molecule has 0 aromatic carbocycles. The predicted octanol–water partition coefficient (Wildman–Crippen LogP) is 1.42. The molecular weight excluding hydrogens is 254 g/mol. The number of hydrogen-bond donors (Lipinski definition) is 2. The van der Waals surface area contributed by atoms with Crippen LogP contribution in [-0.2, 0) is 0 Å². The van der Waals surface area contributed by atoms with Crippen LogP contribution >= 0.6 is 0 Å². The lowest BCUT2D eigenvalue weighted by atomic mass is 10.1. The topological polar surface area (TPSA) is 55.8 Å². The number of rotatable bonds is 4. The van der Waals surface area contributed by atoms with Gasteiger partial charge in [0.05, 0.1) is 6.10 Å². The SMILES string of the molecule is C[C@@H](CCNC(=O)N1CCC[C@@H](O)C1)N1CCCCC1. The van der Waals surface area contributed by atoms with Gasteiger partial charge in [-0.3, -0.25) is 0 Å². The Morgan fingerprint density at radius 2 is 2.00 bits per heavy atom. The van der Waals surface area contributed by atoms with Crippen molar-refractivity contribution in [2.75, 3.05) is 32.7 Å². The summed E-state index contributed by atoms with van der Waals surface area (Å²) in [5, 5.41) is 12.6. The molecule has 0 bridgehead atoms. The maximum Gasteiger partial charge on any atom is 0.317 e. The lowest BCUT2D eigenvalue weighted by Crippen LogP contribution is -2.48. The smallest absolute Gasteiger partial charge is 0.317 e. The van der Waals surface area contributed by atoms with Gasteiger partial charge in [0.1, 0.15) is 0 Å². The van der Waals surface area contributed by atoms with Crippen LogP contribution < -0.4 is 5.32 Å². The van der Waals surface area contributed by atoms with E-state index in [1.165, 1.54) is 32.4 Å². The molecule has 2 aliphatic rings. The van der Waals surface area contributed by atoms with Gasteiger partial charge in [0.15, 0.2) is 0 Å². The number of β-amino-alcohol motifs (C(OH)–C–C–N with tert-alkyl or cyclic N) is 1. The fourth-order valence-corrected chi connectivity index (χ4v) is 3.18. The molecule has 0 spiro atoms. The van der Waals surface area contributed by atoms with Crippen LogP contribution in [0.1, 0.15) is 45.4 Å². The highest BCUT2D eigenvalue weighted by Crippen LogP contribution is 2.14. The van der Waals surface area contributed by atoms with Gasteiger partial charge >= 0.3 is 6.03 Å². The highest BCUT2D eigenvalue weighted by molar-refractivity contribution is 5.74. The summed E-state index contributed by atoms with van der Waals surface area (Å²) in [5.41, 5.74) is 0. The molecule has 2 amide bonds. The lowest BCUT2D eigenvalue weighted by Gasteiger charge is -2.33. The first-order chi connectivity index (χ1) is 9.66. The summed E-state index contributed by atoms with van der Waals surface area (Å²) in [7, 11) is 0. The van der Waals surface area contributed by atoms with Crippen molar-refractivity contribution in [1.29, 1.82) is 0 Å². The second-order valence-corrected chi connectivity index (χ2v) is 6.21. The van der Waals surface area contributed by atoms with Crippen molar-refractivity contribution in [3.8, 4) is 0 Å². The first-order valence-electron chi connectivity index (χ1n) is 8.11. The van der Waals surface area contributed by atoms with Gasteiger partial charge in [-0.05, 0) is 52.1 Å². The van der Waals surface area contributed by atoms with Crippen LogP contribution in [0.2, 0.25) is 0 Å². The van der Waals surface area contributed by atoms with Gasteiger partial charge < -0.3 is 20.2 Å². The maximum atomic E-state index is 12.0. The Labute approximate surface area is 122 Å². The fourth-order valence-electron chi connectivity index (χ4n) is 3.18. The standard InChI is InChI=1S/C15H29N3O2/c1-13(17-9-3-2-4-10-17)7-8-16-15(20)18-11-5-6-14(19)12-18/h13-14,19H,2-12H2,1H3,(H,16,20)/t13-,14+/m0/s1. The number of carbonyl (C=O) groups excluding carboxylic acids is 1. The molecule has 0 saturated carbocycles. The Kier molecular flexibility index (Phi) is 6.10. The Morgan fingerprint density at radius 1 is 1.25 bits per heavy atom. The molecule has 2 heterocycles. The van der Waals surface area contributed by atoms with E-state index in [1.54, 1.807) is 4.90 Å². The average molecular weight is 283 g/mol. The van der Waals surface area contributed by atoms with Crippen molar-refractivity contribution in [3.05, 3.63) is 0 Å². The van der Waals surface area contributed by atoms with E-state index in [4.69, 9.17) is 0 Å². The van der Waals surface area contributed by atoms with E-state index in [-0.39, 0.29) is 12.1 Å². The summed E-state index contributed by atoms with van der Waals surface area (Å²) in [6.07, 6.45) is 6.35. The minimum Gasteiger partial charge on any atom is -0.391 e. The van der Waals surface area contributed by atoms with E-state index in [1.807, 2.05) is 0 Å². The zero-order valence-corrected chi connectivity index (χ0v) is 12.7. The molecule has 20 heavy (non-hydrogen) atoms. The van der Waals surface area contributed by atoms with Gasteiger partial charge in [-0.15, -0.1) is 0 Å². The molecule has 0 aromatic rings. The van der Waals surface area contributed by atoms with Crippen molar-refractivity contribution in [3.63, 3.8) is 0 Å². The second kappa shape index (κ2) is 7.84. The number of nitrogens with one attached hydrogen (secondary N) is 1. The molecule has 0 unspecified atom stereocenters. The Hall–Kier alpha value is -0.810. The van der Waals surface area contributed by atoms with Gasteiger partial charge in [-0.2, -0.15) is 0 Å². The quantitative estimate of drug-likeness (QED) is 0.820. The minimum atomic E-state index is -0.346. The number of aliphatic hydroxyl groups excluding tert-OH is 1. The fraction of sp³-hybridized carbons (Fsp3) is 0.933. The number of piperidine rings is 2. The maximum absolute atomic E-state index is 12.0. The summed E-state index contributed by atoms with van der Waals surface area (Å²) in [6, 6.07) is 0.525. The van der Waals surface area contributed by atoms with Crippen molar-refractivity contribution in [1.82, 2.24) is 15.1 Å². The molecule has 2 aliphatic heterocycles. The highest BCUT2D eigenvalue weighted by Gasteiger charge is 2.22. The predicted molar refractivity (Wildman–Crippen MR) is 79.7 cm³/mol. The van der Waals surface area contributed by atoms with Crippen LogP contribution in [-0.4, -0.2) is 65.8 Å². The number of carbonyl (C=O) groups is 1. The van der Waals surface area contributed by atoms with Gasteiger partial charge in [0.2, 0.25) is 0 Å².